The van der Waals surface area contributed by atoms with Gasteiger partial charge in [-0.05, 0) is 23.9 Å². The van der Waals surface area contributed by atoms with Gasteiger partial charge in [-0.25, -0.2) is 0 Å². The van der Waals surface area contributed by atoms with E-state index in [-0.39, 0.29) is 0 Å². The first-order valence-electron chi connectivity index (χ1n) is 8.15. The van der Waals surface area contributed by atoms with Gasteiger partial charge in [0.15, 0.2) is 0 Å². The monoisotopic (exact) mass is 296 g/mol. The molecule has 0 aliphatic heterocycles. The Morgan fingerprint density at radius 1 is 0.619 bits per heavy atom. The van der Waals surface area contributed by atoms with E-state index in [0.717, 1.165) is 11.8 Å². The van der Waals surface area contributed by atoms with Crippen molar-refractivity contribution in [2.75, 3.05) is 0 Å². The molecule has 0 N–H and O–H groups in total. The van der Waals surface area contributed by atoms with Crippen LogP contribution in [0.2, 0.25) is 12.1 Å². The highest BCUT2D eigenvalue weighted by molar-refractivity contribution is 7.02. The molecule has 0 nitrogen and oxygen atoms in total. The molecule has 0 atom stereocenters. The first-order chi connectivity index (χ1) is 10.0. The van der Waals surface area contributed by atoms with Crippen LogP contribution in [-0.4, -0.2) is 8.07 Å². The van der Waals surface area contributed by atoms with Gasteiger partial charge in [-0.15, -0.1) is 0 Å². The van der Waals surface area contributed by atoms with Gasteiger partial charge in [-0.2, -0.15) is 0 Å². The van der Waals surface area contributed by atoms with Crippen LogP contribution in [0, 0.1) is 11.8 Å². The molecule has 0 saturated heterocycles. The minimum absolute atomic E-state index is 0.732. The Bertz CT molecular complexity index is 477. The van der Waals surface area contributed by atoms with Crippen LogP contribution >= 0.6 is 0 Å². The molecular weight excluding hydrogens is 268 g/mol. The molecule has 0 saturated carbocycles. The smallest absolute Gasteiger partial charge is 0.0630 e. The Labute approximate surface area is 131 Å². The van der Waals surface area contributed by atoms with E-state index in [4.69, 9.17) is 0 Å². The third kappa shape index (κ3) is 3.85. The van der Waals surface area contributed by atoms with Gasteiger partial charge in [0.1, 0.15) is 8.07 Å². The third-order valence-corrected chi connectivity index (χ3v) is 10.1. The van der Waals surface area contributed by atoms with Crippen molar-refractivity contribution in [3.63, 3.8) is 0 Å². The molecule has 0 fully saturated rings. The molecule has 2 rings (SSSR count). The predicted octanol–water partition coefficient (Wildman–Crippen LogP) is 4.56. The molecule has 0 spiro atoms. The average molecular weight is 297 g/mol. The molecule has 0 bridgehead atoms. The maximum absolute atomic E-state index is 2.37. The molecule has 0 aromatic heterocycles. The van der Waals surface area contributed by atoms with Crippen LogP contribution in [-0.2, 0) is 0 Å². The summed E-state index contributed by atoms with van der Waals surface area (Å²) in [4.78, 5) is 0. The molecular formula is C20H28Si. The fraction of sp³-hybridized carbons (Fsp3) is 0.400. The summed E-state index contributed by atoms with van der Waals surface area (Å²) in [5.74, 6) is 1.46. The van der Waals surface area contributed by atoms with Gasteiger partial charge in [0.2, 0.25) is 0 Å². The minimum Gasteiger partial charge on any atom is -0.0630 e. The van der Waals surface area contributed by atoms with Crippen LogP contribution in [0.5, 0.6) is 0 Å². The van der Waals surface area contributed by atoms with Crippen LogP contribution in [0.25, 0.3) is 0 Å². The van der Waals surface area contributed by atoms with Gasteiger partial charge in [0.05, 0.1) is 0 Å². The molecule has 2 aromatic carbocycles. The Hall–Kier alpha value is -1.34. The predicted molar refractivity (Wildman–Crippen MR) is 97.2 cm³/mol. The van der Waals surface area contributed by atoms with Crippen molar-refractivity contribution in [3.8, 4) is 0 Å². The van der Waals surface area contributed by atoms with Crippen molar-refractivity contribution >= 4 is 18.4 Å². The molecule has 0 aliphatic carbocycles. The van der Waals surface area contributed by atoms with E-state index in [1.165, 1.54) is 12.1 Å². The molecule has 0 heterocycles. The fourth-order valence-corrected chi connectivity index (χ4v) is 9.52. The number of benzene rings is 2. The first kappa shape index (κ1) is 16.0. The number of hydrogen-bond donors (Lipinski definition) is 0. The van der Waals surface area contributed by atoms with Gasteiger partial charge in [-0.1, -0.05) is 98.7 Å². The SMILES string of the molecule is CC(C)C[Si](CC(C)C)(c1ccccc1)c1ccccc1. The highest BCUT2D eigenvalue weighted by Crippen LogP contribution is 2.25. The van der Waals surface area contributed by atoms with E-state index >= 15 is 0 Å². The van der Waals surface area contributed by atoms with Crippen LogP contribution in [0.4, 0.5) is 0 Å². The number of hydrogen-bond acceptors (Lipinski definition) is 0. The quantitative estimate of drug-likeness (QED) is 0.685. The summed E-state index contributed by atoms with van der Waals surface area (Å²) >= 11 is 0. The van der Waals surface area contributed by atoms with Crippen LogP contribution in [0.15, 0.2) is 60.7 Å². The lowest BCUT2D eigenvalue weighted by molar-refractivity contribution is 0.687. The van der Waals surface area contributed by atoms with Crippen molar-refractivity contribution in [1.29, 1.82) is 0 Å². The molecule has 2 aromatic rings. The summed E-state index contributed by atoms with van der Waals surface area (Å²) < 4.78 is 0. The second kappa shape index (κ2) is 7.08. The van der Waals surface area contributed by atoms with Crippen LogP contribution in [0.3, 0.4) is 0 Å². The zero-order chi connectivity index (χ0) is 15.3. The largest absolute Gasteiger partial charge is 0.118 e. The van der Waals surface area contributed by atoms with E-state index in [1.54, 1.807) is 10.4 Å². The summed E-state index contributed by atoms with van der Waals surface area (Å²) in [5, 5.41) is 3.19. The lowest BCUT2D eigenvalue weighted by atomic mass is 10.3. The molecule has 0 aliphatic rings. The van der Waals surface area contributed by atoms with Crippen molar-refractivity contribution in [2.45, 2.75) is 39.8 Å². The summed E-state index contributed by atoms with van der Waals surface area (Å²) in [6.45, 7) is 9.48. The van der Waals surface area contributed by atoms with Crippen LogP contribution < -0.4 is 10.4 Å². The topological polar surface area (TPSA) is 0 Å². The Balaban J connectivity index is 2.59. The van der Waals surface area contributed by atoms with Gasteiger partial charge in [-0.3, -0.25) is 0 Å². The molecule has 0 unspecified atom stereocenters. The van der Waals surface area contributed by atoms with Gasteiger partial charge >= 0.3 is 0 Å². The minimum atomic E-state index is -1.67. The van der Waals surface area contributed by atoms with Gasteiger partial charge < -0.3 is 0 Å². The highest BCUT2D eigenvalue weighted by atomic mass is 28.3. The van der Waals surface area contributed by atoms with E-state index in [0.29, 0.717) is 0 Å². The Morgan fingerprint density at radius 3 is 1.24 bits per heavy atom. The third-order valence-electron chi connectivity index (χ3n) is 4.17. The standard InChI is InChI=1S/C20H28Si/c1-17(2)15-21(16-18(3)4,19-11-7-5-8-12-19)20-13-9-6-10-14-20/h5-14,17-18H,15-16H2,1-4H3. The fourth-order valence-electron chi connectivity index (χ4n) is 3.63. The highest BCUT2D eigenvalue weighted by Gasteiger charge is 2.37. The van der Waals surface area contributed by atoms with Gasteiger partial charge in [0.25, 0.3) is 0 Å². The zero-order valence-corrected chi connectivity index (χ0v) is 14.8. The molecule has 21 heavy (non-hydrogen) atoms. The van der Waals surface area contributed by atoms with Gasteiger partial charge in [0, 0.05) is 0 Å². The summed E-state index contributed by atoms with van der Waals surface area (Å²) in [7, 11) is -1.67. The summed E-state index contributed by atoms with van der Waals surface area (Å²) in [6, 6.07) is 25.2. The van der Waals surface area contributed by atoms with E-state index in [1.807, 2.05) is 0 Å². The van der Waals surface area contributed by atoms with E-state index < -0.39 is 8.07 Å². The normalized spacial score (nSPS) is 12.1. The zero-order valence-electron chi connectivity index (χ0n) is 13.8. The first-order valence-corrected chi connectivity index (χ1v) is 10.6. The maximum Gasteiger partial charge on any atom is 0.118 e. The van der Waals surface area contributed by atoms with E-state index in [2.05, 4.69) is 88.4 Å². The maximum atomic E-state index is 2.37. The lowest BCUT2D eigenvalue weighted by Crippen LogP contribution is -2.59. The van der Waals surface area contributed by atoms with Crippen LogP contribution in [0.1, 0.15) is 27.7 Å². The van der Waals surface area contributed by atoms with Crippen molar-refractivity contribution in [3.05, 3.63) is 60.7 Å². The molecule has 0 amide bonds. The molecule has 112 valence electrons. The lowest BCUT2D eigenvalue weighted by Gasteiger charge is -2.36. The van der Waals surface area contributed by atoms with Crippen molar-refractivity contribution in [1.82, 2.24) is 0 Å². The molecule has 0 radical (unpaired) electrons. The summed E-state index contributed by atoms with van der Waals surface area (Å²) in [5.41, 5.74) is 0. The summed E-state index contributed by atoms with van der Waals surface area (Å²) in [6.07, 6.45) is 0. The van der Waals surface area contributed by atoms with Crippen molar-refractivity contribution in [2.24, 2.45) is 11.8 Å². The van der Waals surface area contributed by atoms with Crippen molar-refractivity contribution < 1.29 is 0 Å². The second-order valence-electron chi connectivity index (χ2n) is 7.01. The Morgan fingerprint density at radius 2 is 0.952 bits per heavy atom. The second-order valence-corrected chi connectivity index (χ2v) is 11.1. The number of rotatable bonds is 6. The Kier molecular flexibility index (Phi) is 5.41. The van der Waals surface area contributed by atoms with E-state index in [9.17, 15) is 0 Å². The average Bonchev–Trinajstić information content (AvgIpc) is 2.47. The molecule has 1 heteroatoms.